The Bertz CT molecular complexity index is 855. The SMILES string of the molecule is CCOC(=O)CCCCN1CCC(=C2c3ccccc3CCc3ccccc32)CC1. The highest BCUT2D eigenvalue weighted by Crippen LogP contribution is 2.38. The number of hydrogen-bond acceptors (Lipinski definition) is 3. The Morgan fingerprint density at radius 3 is 2.07 bits per heavy atom. The van der Waals surface area contributed by atoms with Crippen LogP contribution in [0.3, 0.4) is 0 Å². The van der Waals surface area contributed by atoms with Crippen LogP contribution in [0.2, 0.25) is 0 Å². The van der Waals surface area contributed by atoms with Crippen molar-refractivity contribution in [1.29, 1.82) is 0 Å². The fourth-order valence-corrected chi connectivity index (χ4v) is 4.89. The number of hydrogen-bond donors (Lipinski definition) is 0. The molecule has 1 aliphatic carbocycles. The minimum Gasteiger partial charge on any atom is -0.466 e. The van der Waals surface area contributed by atoms with Crippen molar-refractivity contribution in [2.45, 2.75) is 51.9 Å². The molecular weight excluding hydrogens is 370 g/mol. The van der Waals surface area contributed by atoms with Crippen molar-refractivity contribution in [3.8, 4) is 0 Å². The van der Waals surface area contributed by atoms with Crippen LogP contribution in [0.15, 0.2) is 54.1 Å². The second-order valence-electron chi connectivity index (χ2n) is 8.40. The smallest absolute Gasteiger partial charge is 0.305 e. The lowest BCUT2D eigenvalue weighted by molar-refractivity contribution is -0.143. The normalized spacial score (nSPS) is 16.6. The number of fused-ring (bicyclic) bond motifs is 2. The van der Waals surface area contributed by atoms with E-state index >= 15 is 0 Å². The molecule has 1 aliphatic heterocycles. The summed E-state index contributed by atoms with van der Waals surface area (Å²) < 4.78 is 5.02. The zero-order valence-electron chi connectivity index (χ0n) is 18.2. The van der Waals surface area contributed by atoms with Crippen LogP contribution in [0.1, 0.15) is 61.3 Å². The van der Waals surface area contributed by atoms with Gasteiger partial charge in [-0.15, -0.1) is 0 Å². The van der Waals surface area contributed by atoms with Crippen molar-refractivity contribution in [3.05, 3.63) is 76.4 Å². The van der Waals surface area contributed by atoms with E-state index in [0.29, 0.717) is 13.0 Å². The molecule has 2 aromatic rings. The van der Waals surface area contributed by atoms with E-state index in [9.17, 15) is 4.79 Å². The van der Waals surface area contributed by atoms with E-state index in [-0.39, 0.29) is 5.97 Å². The van der Waals surface area contributed by atoms with E-state index in [4.69, 9.17) is 4.74 Å². The monoisotopic (exact) mass is 403 g/mol. The highest BCUT2D eigenvalue weighted by Gasteiger charge is 2.23. The topological polar surface area (TPSA) is 29.5 Å². The van der Waals surface area contributed by atoms with E-state index in [1.165, 1.54) is 27.8 Å². The molecule has 1 fully saturated rings. The highest BCUT2D eigenvalue weighted by atomic mass is 16.5. The molecule has 1 saturated heterocycles. The molecule has 3 nitrogen and oxygen atoms in total. The van der Waals surface area contributed by atoms with Crippen LogP contribution < -0.4 is 0 Å². The molecular formula is C27H33NO2. The van der Waals surface area contributed by atoms with Gasteiger partial charge in [0.25, 0.3) is 0 Å². The number of carbonyl (C=O) groups excluding carboxylic acids is 1. The summed E-state index contributed by atoms with van der Waals surface area (Å²) in [5.74, 6) is -0.0612. The number of aryl methyl sites for hydroxylation is 2. The number of nitrogens with zero attached hydrogens (tertiary/aromatic N) is 1. The number of piperidine rings is 1. The molecule has 3 heteroatoms. The van der Waals surface area contributed by atoms with Gasteiger partial charge in [-0.3, -0.25) is 4.79 Å². The Morgan fingerprint density at radius 2 is 1.47 bits per heavy atom. The Morgan fingerprint density at radius 1 is 0.867 bits per heavy atom. The van der Waals surface area contributed by atoms with E-state index < -0.39 is 0 Å². The lowest BCUT2D eigenvalue weighted by Crippen LogP contribution is -2.32. The zero-order valence-corrected chi connectivity index (χ0v) is 18.2. The van der Waals surface area contributed by atoms with Gasteiger partial charge in [0.2, 0.25) is 0 Å². The van der Waals surface area contributed by atoms with Crippen LogP contribution in [-0.4, -0.2) is 37.1 Å². The maximum absolute atomic E-state index is 11.5. The average Bonchev–Trinajstić information content (AvgIpc) is 2.94. The minimum absolute atomic E-state index is 0.0612. The number of carbonyl (C=O) groups is 1. The molecule has 0 spiro atoms. The van der Waals surface area contributed by atoms with Crippen molar-refractivity contribution < 1.29 is 9.53 Å². The lowest BCUT2D eigenvalue weighted by atomic mass is 9.86. The molecule has 4 rings (SSSR count). The predicted molar refractivity (Wildman–Crippen MR) is 122 cm³/mol. The first-order chi connectivity index (χ1) is 14.8. The van der Waals surface area contributed by atoms with Gasteiger partial charge in [0.1, 0.15) is 0 Å². The molecule has 158 valence electrons. The largest absolute Gasteiger partial charge is 0.466 e. The molecule has 0 aromatic heterocycles. The molecule has 0 unspecified atom stereocenters. The van der Waals surface area contributed by atoms with Gasteiger partial charge in [0, 0.05) is 19.5 Å². The van der Waals surface area contributed by atoms with Crippen LogP contribution >= 0.6 is 0 Å². The van der Waals surface area contributed by atoms with Crippen LogP contribution in [0.25, 0.3) is 5.57 Å². The molecule has 0 N–H and O–H groups in total. The minimum atomic E-state index is -0.0612. The average molecular weight is 404 g/mol. The van der Waals surface area contributed by atoms with Gasteiger partial charge >= 0.3 is 5.97 Å². The van der Waals surface area contributed by atoms with E-state index in [0.717, 1.165) is 58.2 Å². The quantitative estimate of drug-likeness (QED) is 0.477. The second kappa shape index (κ2) is 10.1. The molecule has 0 bridgehead atoms. The molecule has 2 aromatic carbocycles. The lowest BCUT2D eigenvalue weighted by Gasteiger charge is -2.30. The van der Waals surface area contributed by atoms with E-state index in [1.807, 2.05) is 6.92 Å². The fourth-order valence-electron chi connectivity index (χ4n) is 4.89. The van der Waals surface area contributed by atoms with Gasteiger partial charge in [-0.2, -0.15) is 0 Å². The number of benzene rings is 2. The number of unbranched alkanes of at least 4 members (excludes halogenated alkanes) is 1. The summed E-state index contributed by atoms with van der Waals surface area (Å²) >= 11 is 0. The van der Waals surface area contributed by atoms with Crippen LogP contribution in [0.4, 0.5) is 0 Å². The standard InChI is InChI=1S/C27H33NO2/c1-2-30-26(29)13-7-8-18-28-19-16-23(17-20-28)27-24-11-5-3-9-21(24)14-15-22-10-4-6-12-25(22)27/h3-6,9-12H,2,7-8,13-20H2,1H3. The molecule has 0 atom stereocenters. The summed E-state index contributed by atoms with van der Waals surface area (Å²) in [6.07, 6.45) is 7.05. The Kier molecular flexibility index (Phi) is 7.01. The first-order valence-electron chi connectivity index (χ1n) is 11.5. The second-order valence-corrected chi connectivity index (χ2v) is 8.40. The van der Waals surface area contributed by atoms with Gasteiger partial charge < -0.3 is 9.64 Å². The van der Waals surface area contributed by atoms with Crippen molar-refractivity contribution in [3.63, 3.8) is 0 Å². The van der Waals surface area contributed by atoms with Gasteiger partial charge in [0.05, 0.1) is 6.61 Å². The zero-order chi connectivity index (χ0) is 20.8. The summed E-state index contributed by atoms with van der Waals surface area (Å²) in [7, 11) is 0. The van der Waals surface area contributed by atoms with Gasteiger partial charge in [-0.05, 0) is 79.8 Å². The molecule has 30 heavy (non-hydrogen) atoms. The Labute approximate surface area is 180 Å². The summed E-state index contributed by atoms with van der Waals surface area (Å²) in [6.45, 7) is 5.65. The molecule has 0 saturated carbocycles. The van der Waals surface area contributed by atoms with E-state index in [2.05, 4.69) is 53.4 Å². The number of likely N-dealkylation sites (tertiary alicyclic amines) is 1. The summed E-state index contributed by atoms with van der Waals surface area (Å²) in [5, 5.41) is 0. The Balaban J connectivity index is 1.45. The van der Waals surface area contributed by atoms with Gasteiger partial charge in [-0.1, -0.05) is 54.1 Å². The third-order valence-electron chi connectivity index (χ3n) is 6.46. The summed E-state index contributed by atoms with van der Waals surface area (Å²) in [4.78, 5) is 14.1. The van der Waals surface area contributed by atoms with Crippen molar-refractivity contribution in [2.24, 2.45) is 0 Å². The molecule has 1 heterocycles. The van der Waals surface area contributed by atoms with Gasteiger partial charge in [0.15, 0.2) is 0 Å². The Hall–Kier alpha value is -2.39. The molecule has 2 aliphatic rings. The first kappa shape index (κ1) is 20.9. The number of esters is 1. The maximum Gasteiger partial charge on any atom is 0.305 e. The number of ether oxygens (including phenoxy) is 1. The molecule has 0 radical (unpaired) electrons. The summed E-state index contributed by atoms with van der Waals surface area (Å²) in [5.41, 5.74) is 8.97. The molecule has 0 amide bonds. The third kappa shape index (κ3) is 4.84. The van der Waals surface area contributed by atoms with Crippen LogP contribution in [0.5, 0.6) is 0 Å². The number of rotatable bonds is 6. The van der Waals surface area contributed by atoms with Crippen molar-refractivity contribution in [2.75, 3.05) is 26.2 Å². The van der Waals surface area contributed by atoms with Gasteiger partial charge in [-0.25, -0.2) is 0 Å². The van der Waals surface area contributed by atoms with Crippen molar-refractivity contribution in [1.82, 2.24) is 4.90 Å². The maximum atomic E-state index is 11.5. The first-order valence-corrected chi connectivity index (χ1v) is 11.5. The predicted octanol–water partition coefficient (Wildman–Crippen LogP) is 5.42. The van der Waals surface area contributed by atoms with E-state index in [1.54, 1.807) is 5.57 Å². The summed E-state index contributed by atoms with van der Waals surface area (Å²) in [6, 6.07) is 18.0. The third-order valence-corrected chi connectivity index (χ3v) is 6.46. The van der Waals surface area contributed by atoms with Crippen molar-refractivity contribution >= 4 is 11.5 Å². The highest BCUT2D eigenvalue weighted by molar-refractivity contribution is 5.86. The van der Waals surface area contributed by atoms with Crippen LogP contribution in [0, 0.1) is 0 Å². The fraction of sp³-hybridized carbons (Fsp3) is 0.444. The van der Waals surface area contributed by atoms with Crippen LogP contribution in [-0.2, 0) is 22.4 Å².